The summed E-state index contributed by atoms with van der Waals surface area (Å²) in [6.07, 6.45) is 4.30. The summed E-state index contributed by atoms with van der Waals surface area (Å²) in [4.78, 5) is 0. The lowest BCUT2D eigenvalue weighted by molar-refractivity contribution is 0.446. The van der Waals surface area contributed by atoms with Gasteiger partial charge in [0.2, 0.25) is 0 Å². The van der Waals surface area contributed by atoms with Crippen molar-refractivity contribution in [2.24, 2.45) is 0 Å². The highest BCUT2D eigenvalue weighted by atomic mass is 32.2. The van der Waals surface area contributed by atoms with Gasteiger partial charge < -0.3 is 5.32 Å². The molecular formula is C10H21N5S. The first-order chi connectivity index (χ1) is 7.83. The zero-order chi connectivity index (χ0) is 11.8. The molecule has 1 unspecified atom stereocenters. The molecule has 0 saturated carbocycles. The molecule has 1 atom stereocenters. The Bertz CT molecular complexity index is 288. The predicted molar refractivity (Wildman–Crippen MR) is 67.5 cm³/mol. The summed E-state index contributed by atoms with van der Waals surface area (Å²) >= 11 is 1.83. The lowest BCUT2D eigenvalue weighted by atomic mass is 10.2. The van der Waals surface area contributed by atoms with Crippen LogP contribution >= 0.6 is 11.8 Å². The monoisotopic (exact) mass is 243 g/mol. The molecule has 0 saturated heterocycles. The first-order valence-electron chi connectivity index (χ1n) is 5.79. The van der Waals surface area contributed by atoms with Gasteiger partial charge >= 0.3 is 0 Å². The van der Waals surface area contributed by atoms with E-state index in [1.165, 1.54) is 0 Å². The van der Waals surface area contributed by atoms with E-state index in [9.17, 15) is 0 Å². The topological polar surface area (TPSA) is 55.6 Å². The molecule has 5 nitrogen and oxygen atoms in total. The molecule has 1 rings (SSSR count). The lowest BCUT2D eigenvalue weighted by Gasteiger charge is -2.15. The van der Waals surface area contributed by atoms with Crippen LogP contribution < -0.4 is 5.32 Å². The van der Waals surface area contributed by atoms with E-state index in [2.05, 4.69) is 40.9 Å². The van der Waals surface area contributed by atoms with Gasteiger partial charge in [0.1, 0.15) is 0 Å². The van der Waals surface area contributed by atoms with Crippen LogP contribution in [0.4, 0.5) is 0 Å². The maximum absolute atomic E-state index is 4.09. The van der Waals surface area contributed by atoms with Crippen LogP contribution in [0.25, 0.3) is 0 Å². The molecule has 1 heterocycles. The molecule has 6 heteroatoms. The summed E-state index contributed by atoms with van der Waals surface area (Å²) in [6, 6.07) is 0.406. The molecular weight excluding hydrogens is 222 g/mol. The van der Waals surface area contributed by atoms with Crippen LogP contribution in [0.2, 0.25) is 0 Å². The van der Waals surface area contributed by atoms with E-state index in [0.717, 1.165) is 37.5 Å². The Morgan fingerprint density at radius 3 is 2.88 bits per heavy atom. The second kappa shape index (κ2) is 7.62. The number of rotatable bonds is 8. The van der Waals surface area contributed by atoms with Gasteiger partial charge in [-0.1, -0.05) is 13.8 Å². The van der Waals surface area contributed by atoms with Crippen molar-refractivity contribution in [2.45, 2.75) is 39.3 Å². The smallest absolute Gasteiger partial charge is 0.165 e. The van der Waals surface area contributed by atoms with Gasteiger partial charge in [-0.3, -0.25) is 0 Å². The summed E-state index contributed by atoms with van der Waals surface area (Å²) in [5.41, 5.74) is 0. The van der Waals surface area contributed by atoms with Crippen molar-refractivity contribution in [1.29, 1.82) is 0 Å². The van der Waals surface area contributed by atoms with Crippen molar-refractivity contribution in [1.82, 2.24) is 25.5 Å². The summed E-state index contributed by atoms with van der Waals surface area (Å²) in [6.45, 7) is 6.09. The summed E-state index contributed by atoms with van der Waals surface area (Å²) in [7, 11) is 0. The Morgan fingerprint density at radius 1 is 1.44 bits per heavy atom. The van der Waals surface area contributed by atoms with Gasteiger partial charge in [0.05, 0.1) is 12.6 Å². The quantitative estimate of drug-likeness (QED) is 0.701. The van der Waals surface area contributed by atoms with Crippen molar-refractivity contribution in [3.8, 4) is 0 Å². The summed E-state index contributed by atoms with van der Waals surface area (Å²) < 4.78 is 1.96. The van der Waals surface area contributed by atoms with E-state index in [1.807, 2.05) is 16.4 Å². The van der Waals surface area contributed by atoms with Crippen LogP contribution in [0.5, 0.6) is 0 Å². The molecule has 1 aromatic heterocycles. The van der Waals surface area contributed by atoms with Crippen LogP contribution in [0.1, 0.15) is 38.6 Å². The average Bonchev–Trinajstić information content (AvgIpc) is 2.74. The number of thioether (sulfide) groups is 1. The third kappa shape index (κ3) is 3.75. The second-order valence-electron chi connectivity index (χ2n) is 3.73. The highest BCUT2D eigenvalue weighted by Gasteiger charge is 2.14. The van der Waals surface area contributed by atoms with Gasteiger partial charge in [-0.05, 0) is 36.1 Å². The van der Waals surface area contributed by atoms with E-state index in [0.29, 0.717) is 6.04 Å². The maximum Gasteiger partial charge on any atom is 0.165 e. The SMILES string of the molecule is CCCNCc1nnnn1C(CC)CSC. The van der Waals surface area contributed by atoms with E-state index in [-0.39, 0.29) is 0 Å². The molecule has 16 heavy (non-hydrogen) atoms. The number of tetrazole rings is 1. The van der Waals surface area contributed by atoms with E-state index in [4.69, 9.17) is 0 Å². The van der Waals surface area contributed by atoms with Crippen LogP contribution in [-0.2, 0) is 6.54 Å². The first-order valence-corrected chi connectivity index (χ1v) is 7.19. The molecule has 0 radical (unpaired) electrons. The molecule has 0 aliphatic heterocycles. The Morgan fingerprint density at radius 2 is 2.25 bits per heavy atom. The number of nitrogens with one attached hydrogen (secondary N) is 1. The standard InChI is InChI=1S/C10H21N5S/c1-4-6-11-7-10-12-13-14-15(10)9(5-2)8-16-3/h9,11H,4-8H2,1-3H3. The number of hydrogen-bond acceptors (Lipinski definition) is 5. The molecule has 1 N–H and O–H groups in total. The molecule has 0 bridgehead atoms. The molecule has 0 spiro atoms. The van der Waals surface area contributed by atoms with Gasteiger partial charge in [0.15, 0.2) is 5.82 Å². The van der Waals surface area contributed by atoms with Crippen LogP contribution in [0.15, 0.2) is 0 Å². The number of hydrogen-bond donors (Lipinski definition) is 1. The predicted octanol–water partition coefficient (Wildman–Crippen LogP) is 1.49. The second-order valence-corrected chi connectivity index (χ2v) is 4.64. The third-order valence-corrected chi connectivity index (χ3v) is 3.17. The minimum atomic E-state index is 0.406. The first kappa shape index (κ1) is 13.4. The fourth-order valence-electron chi connectivity index (χ4n) is 1.54. The van der Waals surface area contributed by atoms with Gasteiger partial charge in [-0.15, -0.1) is 5.10 Å². The third-order valence-electron chi connectivity index (χ3n) is 2.45. The molecule has 0 amide bonds. The van der Waals surface area contributed by atoms with E-state index >= 15 is 0 Å². The minimum absolute atomic E-state index is 0.406. The molecule has 1 aromatic rings. The highest BCUT2D eigenvalue weighted by Crippen LogP contribution is 2.15. The van der Waals surface area contributed by atoms with Crippen LogP contribution in [0.3, 0.4) is 0 Å². The molecule has 92 valence electrons. The summed E-state index contributed by atoms with van der Waals surface area (Å²) in [5.74, 6) is 2.00. The molecule has 0 aromatic carbocycles. The van der Waals surface area contributed by atoms with Crippen LogP contribution in [0, 0.1) is 0 Å². The minimum Gasteiger partial charge on any atom is -0.310 e. The largest absolute Gasteiger partial charge is 0.310 e. The van der Waals surface area contributed by atoms with Gasteiger partial charge in [-0.25, -0.2) is 4.68 Å². The number of aromatic nitrogens is 4. The fourth-order valence-corrected chi connectivity index (χ4v) is 2.30. The Kier molecular flexibility index (Phi) is 6.40. The van der Waals surface area contributed by atoms with Gasteiger partial charge in [0, 0.05) is 5.75 Å². The van der Waals surface area contributed by atoms with Crippen molar-refractivity contribution in [3.05, 3.63) is 5.82 Å². The van der Waals surface area contributed by atoms with Crippen LogP contribution in [-0.4, -0.2) is 38.8 Å². The summed E-state index contributed by atoms with van der Waals surface area (Å²) in [5, 5.41) is 15.3. The maximum atomic E-state index is 4.09. The lowest BCUT2D eigenvalue weighted by Crippen LogP contribution is -2.21. The van der Waals surface area contributed by atoms with Crippen molar-refractivity contribution in [2.75, 3.05) is 18.6 Å². The Hall–Kier alpha value is -0.620. The van der Waals surface area contributed by atoms with Crippen molar-refractivity contribution < 1.29 is 0 Å². The van der Waals surface area contributed by atoms with E-state index < -0.39 is 0 Å². The number of nitrogens with zero attached hydrogens (tertiary/aromatic N) is 4. The van der Waals surface area contributed by atoms with Crippen molar-refractivity contribution in [3.63, 3.8) is 0 Å². The molecule has 0 fully saturated rings. The normalized spacial score (nSPS) is 12.9. The van der Waals surface area contributed by atoms with Gasteiger partial charge in [0.25, 0.3) is 0 Å². The van der Waals surface area contributed by atoms with Crippen molar-refractivity contribution >= 4 is 11.8 Å². The zero-order valence-corrected chi connectivity index (χ0v) is 11.1. The average molecular weight is 243 g/mol. The van der Waals surface area contributed by atoms with E-state index in [1.54, 1.807) is 0 Å². The molecule has 0 aliphatic carbocycles. The zero-order valence-electron chi connectivity index (χ0n) is 10.3. The van der Waals surface area contributed by atoms with Gasteiger partial charge in [-0.2, -0.15) is 11.8 Å². The molecule has 0 aliphatic rings. The fraction of sp³-hybridized carbons (Fsp3) is 0.900. The Labute approximate surface area is 101 Å². The highest BCUT2D eigenvalue weighted by molar-refractivity contribution is 7.98. The Balaban J connectivity index is 2.60.